The number of carbonyl (C=O) groups excluding carboxylic acids is 1. The minimum atomic E-state index is 0.114. The number of hydrogen-bond donors (Lipinski definition) is 1. The summed E-state index contributed by atoms with van der Waals surface area (Å²) in [4.78, 5) is 16.7. The van der Waals surface area contributed by atoms with Crippen molar-refractivity contribution in [1.29, 1.82) is 0 Å². The van der Waals surface area contributed by atoms with Crippen LogP contribution in [0.2, 0.25) is 0 Å². The van der Waals surface area contributed by atoms with Crippen LogP contribution >= 0.6 is 0 Å². The summed E-state index contributed by atoms with van der Waals surface area (Å²) in [5.41, 5.74) is 2.75. The van der Waals surface area contributed by atoms with E-state index in [1.807, 2.05) is 35.4 Å². The third-order valence-corrected chi connectivity index (χ3v) is 3.73. The highest BCUT2D eigenvalue weighted by Gasteiger charge is 2.20. The summed E-state index contributed by atoms with van der Waals surface area (Å²) in [6.45, 7) is 3.47. The van der Waals surface area contributed by atoms with Gasteiger partial charge in [-0.05, 0) is 24.7 Å². The molecular weight excluding hydrogens is 252 g/mol. The zero-order valence-electron chi connectivity index (χ0n) is 11.5. The summed E-state index contributed by atoms with van der Waals surface area (Å²) < 4.78 is 0. The second kappa shape index (κ2) is 5.46. The van der Waals surface area contributed by atoms with Gasteiger partial charge >= 0.3 is 0 Å². The van der Waals surface area contributed by atoms with Gasteiger partial charge in [0.05, 0.1) is 6.20 Å². The highest BCUT2D eigenvalue weighted by molar-refractivity contribution is 5.95. The number of aromatic amines is 1. The third-order valence-electron chi connectivity index (χ3n) is 3.73. The highest BCUT2D eigenvalue weighted by atomic mass is 16.2. The number of piperazine rings is 1. The molecule has 5 nitrogen and oxygen atoms in total. The van der Waals surface area contributed by atoms with E-state index in [-0.39, 0.29) is 5.91 Å². The molecule has 1 aliphatic rings. The molecule has 0 saturated carbocycles. The topological polar surface area (TPSA) is 52.2 Å². The Kier molecular flexibility index (Phi) is 3.52. The van der Waals surface area contributed by atoms with Gasteiger partial charge in [-0.1, -0.05) is 12.1 Å². The van der Waals surface area contributed by atoms with Gasteiger partial charge in [-0.2, -0.15) is 5.10 Å². The number of hydrogen-bond acceptors (Lipinski definition) is 3. The Morgan fingerprint density at radius 3 is 2.70 bits per heavy atom. The van der Waals surface area contributed by atoms with Gasteiger partial charge < -0.3 is 9.80 Å². The molecular formula is C15H18N4O. The van der Waals surface area contributed by atoms with Gasteiger partial charge in [0, 0.05) is 43.5 Å². The summed E-state index contributed by atoms with van der Waals surface area (Å²) in [6.07, 6.45) is 3.60. The lowest BCUT2D eigenvalue weighted by atomic mass is 10.1. The normalized spacial score (nSPS) is 16.4. The number of amides is 1. The fourth-order valence-electron chi connectivity index (χ4n) is 2.43. The van der Waals surface area contributed by atoms with E-state index in [0.29, 0.717) is 0 Å². The van der Waals surface area contributed by atoms with Gasteiger partial charge in [0.15, 0.2) is 0 Å². The molecule has 3 rings (SSSR count). The monoisotopic (exact) mass is 270 g/mol. The second-order valence-electron chi connectivity index (χ2n) is 5.16. The van der Waals surface area contributed by atoms with E-state index >= 15 is 0 Å². The molecule has 2 aromatic rings. The molecule has 1 N–H and O–H groups in total. The Morgan fingerprint density at radius 2 is 2.00 bits per heavy atom. The van der Waals surface area contributed by atoms with Crippen LogP contribution in [-0.4, -0.2) is 59.1 Å². The molecule has 20 heavy (non-hydrogen) atoms. The minimum Gasteiger partial charge on any atom is -0.336 e. The predicted octanol–water partition coefficient (Wildman–Crippen LogP) is 1.46. The molecule has 5 heteroatoms. The fourth-order valence-corrected chi connectivity index (χ4v) is 2.43. The number of nitrogens with one attached hydrogen (secondary N) is 1. The summed E-state index contributed by atoms with van der Waals surface area (Å²) in [6, 6.07) is 7.73. The summed E-state index contributed by atoms with van der Waals surface area (Å²) in [7, 11) is 2.08. The molecule has 0 spiro atoms. The molecule has 1 aromatic heterocycles. The fraction of sp³-hybridized carbons (Fsp3) is 0.333. The largest absolute Gasteiger partial charge is 0.336 e. The van der Waals surface area contributed by atoms with E-state index in [1.54, 1.807) is 6.20 Å². The zero-order valence-corrected chi connectivity index (χ0v) is 11.5. The summed E-state index contributed by atoms with van der Waals surface area (Å²) >= 11 is 0. The van der Waals surface area contributed by atoms with E-state index in [1.165, 1.54) is 0 Å². The summed E-state index contributed by atoms with van der Waals surface area (Å²) in [5, 5.41) is 6.74. The van der Waals surface area contributed by atoms with Gasteiger partial charge in [0.1, 0.15) is 0 Å². The number of benzene rings is 1. The lowest BCUT2D eigenvalue weighted by Gasteiger charge is -2.32. The van der Waals surface area contributed by atoms with Crippen molar-refractivity contribution in [3.63, 3.8) is 0 Å². The van der Waals surface area contributed by atoms with E-state index in [9.17, 15) is 4.79 Å². The maximum atomic E-state index is 12.5. The molecule has 0 radical (unpaired) electrons. The van der Waals surface area contributed by atoms with Crippen LogP contribution in [0.4, 0.5) is 0 Å². The average molecular weight is 270 g/mol. The van der Waals surface area contributed by atoms with Crippen LogP contribution in [0, 0.1) is 0 Å². The molecule has 1 fully saturated rings. The van der Waals surface area contributed by atoms with E-state index in [2.05, 4.69) is 22.1 Å². The molecule has 0 aliphatic carbocycles. The van der Waals surface area contributed by atoms with Crippen molar-refractivity contribution in [3.05, 3.63) is 42.2 Å². The van der Waals surface area contributed by atoms with Crippen LogP contribution < -0.4 is 0 Å². The van der Waals surface area contributed by atoms with Gasteiger partial charge in [-0.25, -0.2) is 0 Å². The maximum absolute atomic E-state index is 12.5. The number of carbonyl (C=O) groups is 1. The van der Waals surface area contributed by atoms with Gasteiger partial charge in [-0.3, -0.25) is 9.89 Å². The first-order chi connectivity index (χ1) is 9.74. The second-order valence-corrected chi connectivity index (χ2v) is 5.16. The zero-order chi connectivity index (χ0) is 13.9. The van der Waals surface area contributed by atoms with Crippen LogP contribution in [0.25, 0.3) is 11.1 Å². The van der Waals surface area contributed by atoms with Gasteiger partial charge in [0.25, 0.3) is 5.91 Å². The van der Waals surface area contributed by atoms with Gasteiger partial charge in [0.2, 0.25) is 0 Å². The van der Waals surface area contributed by atoms with E-state index in [4.69, 9.17) is 0 Å². The smallest absolute Gasteiger partial charge is 0.253 e. The molecule has 104 valence electrons. The quantitative estimate of drug-likeness (QED) is 0.899. The summed E-state index contributed by atoms with van der Waals surface area (Å²) in [5.74, 6) is 0.114. The van der Waals surface area contributed by atoms with Crippen molar-refractivity contribution in [2.45, 2.75) is 0 Å². The lowest BCUT2D eigenvalue weighted by molar-refractivity contribution is 0.0664. The molecule has 0 atom stereocenters. The first-order valence-corrected chi connectivity index (χ1v) is 6.81. The number of aromatic nitrogens is 2. The number of rotatable bonds is 2. The van der Waals surface area contributed by atoms with Crippen LogP contribution in [0.5, 0.6) is 0 Å². The van der Waals surface area contributed by atoms with Crippen LogP contribution in [0.15, 0.2) is 36.7 Å². The molecule has 0 bridgehead atoms. The maximum Gasteiger partial charge on any atom is 0.253 e. The predicted molar refractivity (Wildman–Crippen MR) is 77.4 cm³/mol. The van der Waals surface area contributed by atoms with E-state index in [0.717, 1.165) is 42.9 Å². The number of H-pyrrole nitrogens is 1. The average Bonchev–Trinajstić information content (AvgIpc) is 3.02. The highest BCUT2D eigenvalue weighted by Crippen LogP contribution is 2.20. The molecule has 1 saturated heterocycles. The standard InChI is InChI=1S/C15H18N4O/c1-18-5-7-19(8-6-18)15(20)13-4-2-3-12(9-13)14-10-16-17-11-14/h2-4,9-11H,5-8H2,1H3,(H,16,17). The first-order valence-electron chi connectivity index (χ1n) is 6.81. The van der Waals surface area contributed by atoms with Crippen molar-refractivity contribution < 1.29 is 4.79 Å². The number of likely N-dealkylation sites (N-methyl/N-ethyl adjacent to an activating group) is 1. The molecule has 1 aromatic carbocycles. The Labute approximate surface area is 118 Å². The lowest BCUT2D eigenvalue weighted by Crippen LogP contribution is -2.47. The molecule has 1 amide bonds. The Morgan fingerprint density at radius 1 is 1.20 bits per heavy atom. The van der Waals surface area contributed by atoms with Crippen LogP contribution in [0.3, 0.4) is 0 Å². The third kappa shape index (κ3) is 2.58. The Balaban J connectivity index is 1.80. The van der Waals surface area contributed by atoms with Crippen molar-refractivity contribution in [3.8, 4) is 11.1 Å². The van der Waals surface area contributed by atoms with Crippen molar-refractivity contribution in [2.24, 2.45) is 0 Å². The molecule has 0 unspecified atom stereocenters. The van der Waals surface area contributed by atoms with E-state index < -0.39 is 0 Å². The first kappa shape index (κ1) is 12.9. The van der Waals surface area contributed by atoms with Crippen molar-refractivity contribution >= 4 is 5.91 Å². The number of nitrogens with zero attached hydrogens (tertiary/aromatic N) is 3. The van der Waals surface area contributed by atoms with Crippen molar-refractivity contribution in [1.82, 2.24) is 20.0 Å². The SMILES string of the molecule is CN1CCN(C(=O)c2cccc(-c3cn[nH]c3)c2)CC1. The van der Waals surface area contributed by atoms with Crippen molar-refractivity contribution in [2.75, 3.05) is 33.2 Å². The minimum absolute atomic E-state index is 0.114. The van der Waals surface area contributed by atoms with Crippen LogP contribution in [0.1, 0.15) is 10.4 Å². The van der Waals surface area contributed by atoms with Gasteiger partial charge in [-0.15, -0.1) is 0 Å². The Hall–Kier alpha value is -2.14. The molecule has 2 heterocycles. The van der Waals surface area contributed by atoms with Crippen LogP contribution in [-0.2, 0) is 0 Å². The Bertz CT molecular complexity index is 586. The molecule has 1 aliphatic heterocycles.